The van der Waals surface area contributed by atoms with Gasteiger partial charge in [0.15, 0.2) is 0 Å². The molecule has 5 heteroatoms. The number of rotatable bonds is 4. The highest BCUT2D eigenvalue weighted by Gasteiger charge is 2.32. The van der Waals surface area contributed by atoms with Gasteiger partial charge in [-0.05, 0) is 33.6 Å². The van der Waals surface area contributed by atoms with Crippen LogP contribution in [0.25, 0.3) is 0 Å². The van der Waals surface area contributed by atoms with Gasteiger partial charge in [-0.15, -0.1) is 0 Å². The molecular formula is C13H24N2O3. The molecule has 1 fully saturated rings. The zero-order valence-corrected chi connectivity index (χ0v) is 11.5. The first-order valence-electron chi connectivity index (χ1n) is 6.70. The Labute approximate surface area is 109 Å². The summed E-state index contributed by atoms with van der Waals surface area (Å²) in [4.78, 5) is 24.9. The number of amides is 2. The molecule has 1 aliphatic rings. The van der Waals surface area contributed by atoms with E-state index < -0.39 is 11.5 Å². The predicted molar refractivity (Wildman–Crippen MR) is 69.5 cm³/mol. The number of urea groups is 1. The molecule has 0 aromatic rings. The van der Waals surface area contributed by atoms with Crippen molar-refractivity contribution in [2.75, 3.05) is 6.54 Å². The molecule has 0 aliphatic heterocycles. The Morgan fingerprint density at radius 1 is 1.28 bits per heavy atom. The van der Waals surface area contributed by atoms with Crippen molar-refractivity contribution < 1.29 is 14.7 Å². The highest BCUT2D eigenvalue weighted by atomic mass is 16.4. The lowest BCUT2D eigenvalue weighted by Gasteiger charge is -2.35. The third kappa shape index (κ3) is 3.62. The van der Waals surface area contributed by atoms with E-state index in [4.69, 9.17) is 5.11 Å². The number of carboxylic acids is 1. The summed E-state index contributed by atoms with van der Waals surface area (Å²) in [5.74, 6) is -1.02. The summed E-state index contributed by atoms with van der Waals surface area (Å²) in [6.07, 6.45) is 5.58. The lowest BCUT2D eigenvalue weighted by atomic mass is 9.94. The topological polar surface area (TPSA) is 69.6 Å². The number of hydrogen-bond acceptors (Lipinski definition) is 2. The number of carbonyl (C=O) groups excluding carboxylic acids is 1. The van der Waals surface area contributed by atoms with Crippen LogP contribution in [0.5, 0.6) is 0 Å². The molecule has 104 valence electrons. The summed E-state index contributed by atoms with van der Waals surface area (Å²) in [6.45, 7) is 5.55. The van der Waals surface area contributed by atoms with E-state index in [0.29, 0.717) is 6.54 Å². The van der Waals surface area contributed by atoms with Crippen LogP contribution >= 0.6 is 0 Å². The number of aliphatic carboxylic acids is 1. The van der Waals surface area contributed by atoms with Crippen LogP contribution in [0.1, 0.15) is 52.9 Å². The predicted octanol–water partition coefficient (Wildman–Crippen LogP) is 2.21. The lowest BCUT2D eigenvalue weighted by molar-refractivity contribution is -0.143. The Kier molecular flexibility index (Phi) is 4.99. The van der Waals surface area contributed by atoms with Gasteiger partial charge >= 0.3 is 12.0 Å². The minimum atomic E-state index is -1.22. The molecule has 0 unspecified atom stereocenters. The quantitative estimate of drug-likeness (QED) is 0.810. The van der Waals surface area contributed by atoms with E-state index in [1.165, 1.54) is 20.3 Å². The van der Waals surface area contributed by atoms with Crippen molar-refractivity contribution in [2.24, 2.45) is 0 Å². The standard InChI is InChI=1S/C13H24N2O3/c1-4-15(10-8-6-5-7-9-10)12(18)14-13(2,3)11(16)17/h10H,4-9H2,1-3H3,(H,14,18)(H,16,17). The molecule has 18 heavy (non-hydrogen) atoms. The monoisotopic (exact) mass is 256 g/mol. The van der Waals surface area contributed by atoms with Gasteiger partial charge in [0.25, 0.3) is 0 Å². The highest BCUT2D eigenvalue weighted by Crippen LogP contribution is 2.22. The maximum atomic E-state index is 12.1. The second kappa shape index (κ2) is 6.07. The van der Waals surface area contributed by atoms with Crippen molar-refractivity contribution in [1.29, 1.82) is 0 Å². The van der Waals surface area contributed by atoms with Gasteiger partial charge in [-0.2, -0.15) is 0 Å². The zero-order chi connectivity index (χ0) is 13.8. The fourth-order valence-corrected chi connectivity index (χ4v) is 2.35. The Hall–Kier alpha value is -1.26. The Balaban J connectivity index is 2.64. The molecule has 0 atom stereocenters. The highest BCUT2D eigenvalue weighted by molar-refractivity contribution is 5.85. The molecule has 1 aliphatic carbocycles. The minimum Gasteiger partial charge on any atom is -0.480 e. The number of nitrogens with zero attached hydrogens (tertiary/aromatic N) is 1. The Morgan fingerprint density at radius 2 is 1.83 bits per heavy atom. The Morgan fingerprint density at radius 3 is 2.28 bits per heavy atom. The first-order chi connectivity index (χ1) is 8.38. The van der Waals surface area contributed by atoms with Gasteiger partial charge < -0.3 is 15.3 Å². The van der Waals surface area contributed by atoms with Crippen LogP contribution in [-0.4, -0.2) is 40.1 Å². The molecule has 2 amide bonds. The SMILES string of the molecule is CCN(C(=O)NC(C)(C)C(=O)O)C1CCCCC1. The molecule has 0 radical (unpaired) electrons. The molecule has 0 heterocycles. The van der Waals surface area contributed by atoms with E-state index >= 15 is 0 Å². The second-order valence-electron chi connectivity index (χ2n) is 5.44. The van der Waals surface area contributed by atoms with Crippen LogP contribution < -0.4 is 5.32 Å². The maximum Gasteiger partial charge on any atom is 0.328 e. The van der Waals surface area contributed by atoms with Crippen LogP contribution in [0.15, 0.2) is 0 Å². The van der Waals surface area contributed by atoms with Gasteiger partial charge in [0.05, 0.1) is 0 Å². The molecule has 2 N–H and O–H groups in total. The largest absolute Gasteiger partial charge is 0.480 e. The summed E-state index contributed by atoms with van der Waals surface area (Å²) in [5, 5.41) is 11.6. The number of carbonyl (C=O) groups is 2. The fraction of sp³-hybridized carbons (Fsp3) is 0.846. The van der Waals surface area contributed by atoms with Crippen molar-refractivity contribution in [1.82, 2.24) is 10.2 Å². The van der Waals surface area contributed by atoms with Crippen molar-refractivity contribution in [3.05, 3.63) is 0 Å². The van der Waals surface area contributed by atoms with Crippen LogP contribution in [0.4, 0.5) is 4.79 Å². The minimum absolute atomic E-state index is 0.258. The smallest absolute Gasteiger partial charge is 0.328 e. The fourth-order valence-electron chi connectivity index (χ4n) is 2.35. The van der Waals surface area contributed by atoms with Crippen LogP contribution in [-0.2, 0) is 4.79 Å². The third-order valence-electron chi connectivity index (χ3n) is 3.57. The van der Waals surface area contributed by atoms with E-state index in [2.05, 4.69) is 5.32 Å². The van der Waals surface area contributed by atoms with E-state index in [1.807, 2.05) is 6.92 Å². The van der Waals surface area contributed by atoms with Gasteiger partial charge in [-0.25, -0.2) is 9.59 Å². The van der Waals surface area contributed by atoms with Crippen molar-refractivity contribution in [3.63, 3.8) is 0 Å². The molecule has 0 aromatic carbocycles. The van der Waals surface area contributed by atoms with E-state index in [0.717, 1.165) is 25.7 Å². The summed E-state index contributed by atoms with van der Waals surface area (Å²) in [5.41, 5.74) is -1.22. The lowest BCUT2D eigenvalue weighted by Crippen LogP contribution is -2.56. The van der Waals surface area contributed by atoms with E-state index in [1.54, 1.807) is 4.90 Å². The summed E-state index contributed by atoms with van der Waals surface area (Å²) in [7, 11) is 0. The summed E-state index contributed by atoms with van der Waals surface area (Å²) in [6, 6.07) is -0.00913. The van der Waals surface area contributed by atoms with E-state index in [9.17, 15) is 9.59 Å². The van der Waals surface area contributed by atoms with Crippen molar-refractivity contribution >= 4 is 12.0 Å². The van der Waals surface area contributed by atoms with Gasteiger partial charge in [0.1, 0.15) is 5.54 Å². The molecule has 1 saturated carbocycles. The number of nitrogens with one attached hydrogen (secondary N) is 1. The molecule has 0 saturated heterocycles. The molecule has 0 bridgehead atoms. The van der Waals surface area contributed by atoms with Crippen LogP contribution in [0, 0.1) is 0 Å². The van der Waals surface area contributed by atoms with Crippen LogP contribution in [0.2, 0.25) is 0 Å². The first-order valence-corrected chi connectivity index (χ1v) is 6.70. The third-order valence-corrected chi connectivity index (χ3v) is 3.57. The molecule has 0 spiro atoms. The van der Waals surface area contributed by atoms with Gasteiger partial charge in [-0.3, -0.25) is 0 Å². The maximum absolute atomic E-state index is 12.1. The first kappa shape index (κ1) is 14.8. The molecular weight excluding hydrogens is 232 g/mol. The molecule has 5 nitrogen and oxygen atoms in total. The van der Waals surface area contributed by atoms with Gasteiger partial charge in [0.2, 0.25) is 0 Å². The van der Waals surface area contributed by atoms with Gasteiger partial charge in [0, 0.05) is 12.6 Å². The van der Waals surface area contributed by atoms with Crippen molar-refractivity contribution in [2.45, 2.75) is 64.5 Å². The number of carboxylic acid groups (broad SMARTS) is 1. The average Bonchev–Trinajstić information content (AvgIpc) is 2.30. The second-order valence-corrected chi connectivity index (χ2v) is 5.44. The average molecular weight is 256 g/mol. The van der Waals surface area contributed by atoms with E-state index in [-0.39, 0.29) is 12.1 Å². The van der Waals surface area contributed by atoms with Gasteiger partial charge in [-0.1, -0.05) is 19.3 Å². The molecule has 0 aromatic heterocycles. The van der Waals surface area contributed by atoms with Crippen molar-refractivity contribution in [3.8, 4) is 0 Å². The zero-order valence-electron chi connectivity index (χ0n) is 11.5. The Bertz CT molecular complexity index is 309. The molecule has 1 rings (SSSR count). The van der Waals surface area contributed by atoms with Crippen LogP contribution in [0.3, 0.4) is 0 Å². The summed E-state index contributed by atoms with van der Waals surface area (Å²) < 4.78 is 0. The summed E-state index contributed by atoms with van der Waals surface area (Å²) >= 11 is 0. The normalized spacial score (nSPS) is 17.3. The number of hydrogen-bond donors (Lipinski definition) is 2.